The molecule has 0 fully saturated rings. The highest BCUT2D eigenvalue weighted by molar-refractivity contribution is 6.18. The van der Waals surface area contributed by atoms with E-state index < -0.39 is 0 Å². The van der Waals surface area contributed by atoms with Gasteiger partial charge in [0.1, 0.15) is 6.29 Å². The molecular formula is C29H33ClO3. The third-order valence-electron chi connectivity index (χ3n) is 5.26. The molecule has 33 heavy (non-hydrogen) atoms. The lowest BCUT2D eigenvalue weighted by atomic mass is 10.0. The molecule has 0 aliphatic rings. The van der Waals surface area contributed by atoms with Crippen LogP contribution in [0, 0.1) is 41.5 Å². The molecule has 0 atom stereocenters. The van der Waals surface area contributed by atoms with Crippen molar-refractivity contribution in [3.63, 3.8) is 0 Å². The van der Waals surface area contributed by atoms with Gasteiger partial charge in [-0.2, -0.15) is 0 Å². The van der Waals surface area contributed by atoms with Crippen molar-refractivity contribution in [3.05, 3.63) is 104 Å². The Morgan fingerprint density at radius 1 is 0.636 bits per heavy atom. The predicted octanol–water partition coefficient (Wildman–Crippen LogP) is 7.13. The van der Waals surface area contributed by atoms with Crippen LogP contribution in [0.25, 0.3) is 0 Å². The van der Waals surface area contributed by atoms with Crippen molar-refractivity contribution < 1.29 is 14.4 Å². The summed E-state index contributed by atoms with van der Waals surface area (Å²) < 4.78 is 0. The van der Waals surface area contributed by atoms with Crippen molar-refractivity contribution in [2.75, 3.05) is 5.88 Å². The monoisotopic (exact) mass is 464 g/mol. The summed E-state index contributed by atoms with van der Waals surface area (Å²) in [7, 11) is 0. The molecule has 0 aliphatic heterocycles. The molecule has 0 saturated carbocycles. The summed E-state index contributed by atoms with van der Waals surface area (Å²) in [6.07, 6.45) is 3.46. The van der Waals surface area contributed by atoms with E-state index >= 15 is 0 Å². The van der Waals surface area contributed by atoms with Crippen LogP contribution in [0.3, 0.4) is 0 Å². The third-order valence-corrected chi connectivity index (χ3v) is 5.45. The Labute approximate surface area is 202 Å². The van der Waals surface area contributed by atoms with Gasteiger partial charge in [-0.1, -0.05) is 59.7 Å². The first-order valence-corrected chi connectivity index (χ1v) is 11.4. The van der Waals surface area contributed by atoms with E-state index in [2.05, 4.69) is 0 Å². The first-order valence-electron chi connectivity index (χ1n) is 10.8. The van der Waals surface area contributed by atoms with Gasteiger partial charge in [-0.15, -0.1) is 11.6 Å². The van der Waals surface area contributed by atoms with E-state index in [4.69, 9.17) is 11.6 Å². The minimum Gasteiger partial charge on any atom is -0.298 e. The van der Waals surface area contributed by atoms with Crippen molar-refractivity contribution in [1.82, 2.24) is 0 Å². The van der Waals surface area contributed by atoms with Gasteiger partial charge in [0.25, 0.3) is 0 Å². The van der Waals surface area contributed by atoms with Crippen LogP contribution < -0.4 is 0 Å². The second-order valence-electron chi connectivity index (χ2n) is 8.12. The first kappa shape index (κ1) is 28.0. The molecule has 0 aromatic heterocycles. The number of benzene rings is 3. The maximum Gasteiger partial charge on any atom is 0.150 e. The summed E-state index contributed by atoms with van der Waals surface area (Å²) in [5.41, 5.74) is 10.1. The second-order valence-corrected chi connectivity index (χ2v) is 8.49. The molecule has 0 aliphatic carbocycles. The van der Waals surface area contributed by atoms with Crippen LogP contribution in [0.4, 0.5) is 0 Å². The average Bonchev–Trinajstić information content (AvgIpc) is 2.74. The minimum atomic E-state index is 0.560. The summed E-state index contributed by atoms with van der Waals surface area (Å²) in [6, 6.07) is 15.6. The van der Waals surface area contributed by atoms with E-state index in [-0.39, 0.29) is 0 Å². The van der Waals surface area contributed by atoms with Gasteiger partial charge < -0.3 is 0 Å². The fourth-order valence-corrected chi connectivity index (χ4v) is 3.94. The van der Waals surface area contributed by atoms with Crippen molar-refractivity contribution in [3.8, 4) is 0 Å². The summed E-state index contributed by atoms with van der Waals surface area (Å²) in [5.74, 6) is 0.560. The van der Waals surface area contributed by atoms with Crippen LogP contribution in [0.15, 0.2) is 48.5 Å². The van der Waals surface area contributed by atoms with Crippen molar-refractivity contribution in [2.24, 2.45) is 0 Å². The van der Waals surface area contributed by atoms with Gasteiger partial charge in [-0.3, -0.25) is 14.4 Å². The molecular weight excluding hydrogens is 432 g/mol. The number of halogens is 1. The van der Waals surface area contributed by atoms with Gasteiger partial charge in [0, 0.05) is 22.6 Å². The molecule has 0 N–H and O–H groups in total. The Hall–Kier alpha value is -3.04. The van der Waals surface area contributed by atoms with E-state index in [1.807, 2.05) is 84.0 Å². The predicted molar refractivity (Wildman–Crippen MR) is 138 cm³/mol. The molecule has 3 rings (SSSR count). The molecule has 3 nitrogen and oxygen atoms in total. The quantitative estimate of drug-likeness (QED) is 0.298. The van der Waals surface area contributed by atoms with E-state index in [0.717, 1.165) is 69.8 Å². The number of alkyl halides is 1. The Balaban J connectivity index is 0.000000247. The van der Waals surface area contributed by atoms with Gasteiger partial charge in [-0.05, 0) is 75.8 Å². The normalized spacial score (nSPS) is 9.67. The van der Waals surface area contributed by atoms with Crippen LogP contribution >= 0.6 is 11.6 Å². The van der Waals surface area contributed by atoms with Gasteiger partial charge in [-0.25, -0.2) is 0 Å². The molecule has 4 heteroatoms. The number of hydrogen-bond acceptors (Lipinski definition) is 3. The van der Waals surface area contributed by atoms with Crippen LogP contribution in [0.2, 0.25) is 0 Å². The van der Waals surface area contributed by atoms with Gasteiger partial charge >= 0.3 is 0 Å². The highest BCUT2D eigenvalue weighted by Crippen LogP contribution is 2.14. The van der Waals surface area contributed by atoms with E-state index in [1.165, 1.54) is 11.1 Å². The van der Waals surface area contributed by atoms with E-state index in [9.17, 15) is 14.4 Å². The maximum absolute atomic E-state index is 10.6. The molecule has 0 spiro atoms. The van der Waals surface area contributed by atoms with Crippen LogP contribution in [-0.4, -0.2) is 24.7 Å². The molecule has 0 saturated heterocycles. The Morgan fingerprint density at radius 2 is 1.03 bits per heavy atom. The molecule has 0 heterocycles. The summed E-state index contributed by atoms with van der Waals surface area (Å²) in [5, 5.41) is 0. The standard InChI is InChI=1S/2C10H12O.C9H9ClO/c2*1-7-4-8(2)10(6-11)9(3)5-7;10-6-5-8-3-1-2-4-9(8)7-11/h2*4-6H,1-3H3;1-4,7H,5-6H2. The Morgan fingerprint density at radius 3 is 1.36 bits per heavy atom. The lowest BCUT2D eigenvalue weighted by Gasteiger charge is -2.03. The van der Waals surface area contributed by atoms with Crippen LogP contribution in [-0.2, 0) is 6.42 Å². The van der Waals surface area contributed by atoms with Crippen molar-refractivity contribution in [2.45, 2.75) is 48.0 Å². The fraction of sp³-hybridized carbons (Fsp3) is 0.276. The van der Waals surface area contributed by atoms with Crippen LogP contribution in [0.1, 0.15) is 70.0 Å². The summed E-state index contributed by atoms with van der Waals surface area (Å²) >= 11 is 5.55. The number of rotatable bonds is 5. The lowest BCUT2D eigenvalue weighted by Crippen LogP contribution is -1.92. The smallest absolute Gasteiger partial charge is 0.150 e. The number of hydrogen-bond donors (Lipinski definition) is 0. The highest BCUT2D eigenvalue weighted by atomic mass is 35.5. The zero-order chi connectivity index (χ0) is 25.0. The van der Waals surface area contributed by atoms with Crippen molar-refractivity contribution >= 4 is 30.5 Å². The number of carbonyl (C=O) groups is 3. The lowest BCUT2D eigenvalue weighted by molar-refractivity contribution is 0.111. The fourth-order valence-electron chi connectivity index (χ4n) is 3.73. The summed E-state index contributed by atoms with van der Waals surface area (Å²) in [6.45, 7) is 11.9. The number of aryl methyl sites for hydroxylation is 7. The molecule has 0 amide bonds. The van der Waals surface area contributed by atoms with E-state index in [0.29, 0.717) is 5.88 Å². The van der Waals surface area contributed by atoms with E-state index in [1.54, 1.807) is 6.07 Å². The van der Waals surface area contributed by atoms with Crippen molar-refractivity contribution in [1.29, 1.82) is 0 Å². The zero-order valence-electron chi connectivity index (χ0n) is 20.4. The topological polar surface area (TPSA) is 51.2 Å². The van der Waals surface area contributed by atoms with Gasteiger partial charge in [0.05, 0.1) is 0 Å². The van der Waals surface area contributed by atoms with Gasteiger partial charge in [0.15, 0.2) is 12.6 Å². The maximum atomic E-state index is 10.6. The molecule has 3 aromatic rings. The molecule has 0 radical (unpaired) electrons. The van der Waals surface area contributed by atoms with Gasteiger partial charge in [0.2, 0.25) is 0 Å². The SMILES string of the molecule is Cc1cc(C)c(C=O)c(C)c1.Cc1cc(C)c(C=O)c(C)c1.O=Cc1ccccc1CCCl. The third kappa shape index (κ3) is 8.78. The minimum absolute atomic E-state index is 0.560. The first-order chi connectivity index (χ1) is 15.7. The highest BCUT2D eigenvalue weighted by Gasteiger charge is 2.01. The molecule has 0 bridgehead atoms. The second kappa shape index (κ2) is 14.2. The summed E-state index contributed by atoms with van der Waals surface area (Å²) in [4.78, 5) is 31.6. The molecule has 0 unspecified atom stereocenters. The Bertz CT molecular complexity index is 992. The number of aldehydes is 3. The molecule has 174 valence electrons. The average molecular weight is 465 g/mol. The number of carbonyl (C=O) groups excluding carboxylic acids is 3. The van der Waals surface area contributed by atoms with Crippen LogP contribution in [0.5, 0.6) is 0 Å². The molecule has 3 aromatic carbocycles. The Kier molecular flexibility index (Phi) is 12.0. The largest absolute Gasteiger partial charge is 0.298 e. The zero-order valence-corrected chi connectivity index (χ0v) is 21.1.